The number of anilines is 1. The van der Waals surface area contributed by atoms with Crippen molar-refractivity contribution in [2.24, 2.45) is 4.99 Å². The summed E-state index contributed by atoms with van der Waals surface area (Å²) in [5.74, 6) is 2.97. The average molecular weight is 561 g/mol. The molecule has 3 rings (SSSR count). The summed E-state index contributed by atoms with van der Waals surface area (Å²) in [5, 5.41) is 6.92. The lowest BCUT2D eigenvalue weighted by atomic mass is 10.1. The van der Waals surface area contributed by atoms with E-state index in [-0.39, 0.29) is 24.0 Å². The number of thiophene rings is 1. The zero-order chi connectivity index (χ0) is 21.3. The third-order valence-corrected chi connectivity index (χ3v) is 6.09. The van der Waals surface area contributed by atoms with Gasteiger partial charge < -0.3 is 29.3 Å². The molecule has 0 atom stereocenters. The van der Waals surface area contributed by atoms with Crippen LogP contribution in [0.15, 0.2) is 34.6 Å². The lowest BCUT2D eigenvalue weighted by molar-refractivity contribution is 0.322. The van der Waals surface area contributed by atoms with Gasteiger partial charge in [0.05, 0.1) is 26.3 Å². The van der Waals surface area contributed by atoms with Crippen molar-refractivity contribution < 1.29 is 14.2 Å². The number of aliphatic imine (C=N–C) groups is 1. The number of rotatable bonds is 8. The summed E-state index contributed by atoms with van der Waals surface area (Å²) in [4.78, 5) is 9.67. The van der Waals surface area contributed by atoms with Crippen molar-refractivity contribution in [2.45, 2.75) is 13.3 Å². The Morgan fingerprint density at radius 3 is 2.35 bits per heavy atom. The van der Waals surface area contributed by atoms with E-state index in [1.807, 2.05) is 12.1 Å². The largest absolute Gasteiger partial charge is 0.493 e. The monoisotopic (exact) mass is 560 g/mol. The van der Waals surface area contributed by atoms with Gasteiger partial charge in [0.2, 0.25) is 5.75 Å². The molecule has 1 fully saturated rings. The van der Waals surface area contributed by atoms with Crippen LogP contribution >= 0.6 is 35.3 Å². The van der Waals surface area contributed by atoms with Crippen LogP contribution < -0.4 is 24.4 Å². The molecule has 2 aromatic rings. The van der Waals surface area contributed by atoms with E-state index in [9.17, 15) is 0 Å². The van der Waals surface area contributed by atoms with Crippen molar-refractivity contribution in [3.63, 3.8) is 0 Å². The highest BCUT2D eigenvalue weighted by molar-refractivity contribution is 14.0. The summed E-state index contributed by atoms with van der Waals surface area (Å²) < 4.78 is 16.5. The van der Waals surface area contributed by atoms with Crippen LogP contribution in [0.5, 0.6) is 17.2 Å². The molecule has 1 N–H and O–H groups in total. The SMILES string of the molecule is CCNC(=NCCc1ccc(OC)c(OC)c1OC)N1CCN(c2cccs2)CC1.I. The Kier molecular flexibility index (Phi) is 10.5. The van der Waals surface area contributed by atoms with Crippen LogP contribution in [0.25, 0.3) is 0 Å². The van der Waals surface area contributed by atoms with Crippen LogP contribution in [-0.4, -0.2) is 71.5 Å². The third kappa shape index (κ3) is 6.31. The van der Waals surface area contributed by atoms with E-state index < -0.39 is 0 Å². The highest BCUT2D eigenvalue weighted by Gasteiger charge is 2.20. The maximum absolute atomic E-state index is 5.59. The van der Waals surface area contributed by atoms with Crippen LogP contribution in [0.3, 0.4) is 0 Å². The summed E-state index contributed by atoms with van der Waals surface area (Å²) in [6.45, 7) is 7.56. The summed E-state index contributed by atoms with van der Waals surface area (Å²) >= 11 is 1.80. The van der Waals surface area contributed by atoms with Crippen LogP contribution in [-0.2, 0) is 6.42 Å². The third-order valence-electron chi connectivity index (χ3n) is 5.16. The molecule has 0 unspecified atom stereocenters. The van der Waals surface area contributed by atoms with Gasteiger partial charge in [-0.25, -0.2) is 0 Å². The standard InChI is InChI=1S/C22H32N4O3S.HI/c1-5-23-22(26-14-12-25(13-15-26)19-7-6-16-30-19)24-11-10-17-8-9-18(27-2)21(29-4)20(17)28-3;/h6-9,16H,5,10-15H2,1-4H3,(H,23,24);1H. The van der Waals surface area contributed by atoms with Crippen molar-refractivity contribution in [1.82, 2.24) is 10.2 Å². The number of hydrogen-bond donors (Lipinski definition) is 1. The van der Waals surface area contributed by atoms with E-state index in [0.717, 1.165) is 50.7 Å². The van der Waals surface area contributed by atoms with Gasteiger partial charge in [0.15, 0.2) is 17.5 Å². The normalized spacial score (nSPS) is 14.1. The minimum absolute atomic E-state index is 0. The van der Waals surface area contributed by atoms with Gasteiger partial charge in [0.1, 0.15) is 0 Å². The summed E-state index contributed by atoms with van der Waals surface area (Å²) in [5.41, 5.74) is 1.05. The maximum Gasteiger partial charge on any atom is 0.203 e. The van der Waals surface area contributed by atoms with Gasteiger partial charge in [-0.15, -0.1) is 35.3 Å². The number of ether oxygens (including phenoxy) is 3. The Morgan fingerprint density at radius 1 is 1.03 bits per heavy atom. The number of benzene rings is 1. The molecule has 1 aliphatic heterocycles. The fraction of sp³-hybridized carbons (Fsp3) is 0.500. The van der Waals surface area contributed by atoms with Gasteiger partial charge in [-0.2, -0.15) is 0 Å². The molecule has 1 aromatic heterocycles. The molecule has 31 heavy (non-hydrogen) atoms. The lowest BCUT2D eigenvalue weighted by Crippen LogP contribution is -2.52. The van der Waals surface area contributed by atoms with Crippen LogP contribution in [0.1, 0.15) is 12.5 Å². The van der Waals surface area contributed by atoms with Gasteiger partial charge in [0, 0.05) is 44.8 Å². The Bertz CT molecular complexity index is 824. The highest BCUT2D eigenvalue weighted by Crippen LogP contribution is 2.39. The molecule has 0 saturated carbocycles. The zero-order valence-electron chi connectivity index (χ0n) is 18.7. The van der Waals surface area contributed by atoms with E-state index in [0.29, 0.717) is 23.8 Å². The molecule has 1 aliphatic rings. The molecule has 0 bridgehead atoms. The molecule has 172 valence electrons. The van der Waals surface area contributed by atoms with E-state index >= 15 is 0 Å². The number of nitrogens with one attached hydrogen (secondary N) is 1. The zero-order valence-corrected chi connectivity index (χ0v) is 21.9. The molecular weight excluding hydrogens is 527 g/mol. The smallest absolute Gasteiger partial charge is 0.203 e. The molecule has 1 aromatic carbocycles. The lowest BCUT2D eigenvalue weighted by Gasteiger charge is -2.37. The van der Waals surface area contributed by atoms with Gasteiger partial charge in [0.25, 0.3) is 0 Å². The van der Waals surface area contributed by atoms with Gasteiger partial charge in [-0.3, -0.25) is 4.99 Å². The number of nitrogens with zero attached hydrogens (tertiary/aromatic N) is 3. The second kappa shape index (κ2) is 12.8. The quantitative estimate of drug-likeness (QED) is 0.302. The number of methoxy groups -OCH3 is 3. The van der Waals surface area contributed by atoms with E-state index in [1.54, 1.807) is 32.7 Å². The number of guanidine groups is 1. The van der Waals surface area contributed by atoms with Crippen molar-refractivity contribution >= 4 is 46.3 Å². The first kappa shape index (κ1) is 25.4. The molecular formula is C22H33IN4O3S. The van der Waals surface area contributed by atoms with Crippen molar-refractivity contribution in [3.8, 4) is 17.2 Å². The fourth-order valence-corrected chi connectivity index (χ4v) is 4.44. The van der Waals surface area contributed by atoms with Gasteiger partial charge >= 0.3 is 0 Å². The molecule has 2 heterocycles. The molecule has 1 saturated heterocycles. The Morgan fingerprint density at radius 2 is 1.77 bits per heavy atom. The van der Waals surface area contributed by atoms with Crippen LogP contribution in [0, 0.1) is 0 Å². The molecule has 0 radical (unpaired) electrons. The summed E-state index contributed by atoms with van der Waals surface area (Å²) in [7, 11) is 4.91. The minimum atomic E-state index is 0. The maximum atomic E-state index is 5.59. The van der Waals surface area contributed by atoms with Crippen LogP contribution in [0.4, 0.5) is 5.00 Å². The fourth-order valence-electron chi connectivity index (χ4n) is 3.66. The predicted molar refractivity (Wildman–Crippen MR) is 139 cm³/mol. The summed E-state index contributed by atoms with van der Waals surface area (Å²) in [6.07, 6.45) is 0.758. The van der Waals surface area contributed by atoms with Gasteiger partial charge in [-0.05, 0) is 36.9 Å². The molecule has 7 nitrogen and oxygen atoms in total. The first-order valence-electron chi connectivity index (χ1n) is 10.3. The van der Waals surface area contributed by atoms with Crippen molar-refractivity contribution in [3.05, 3.63) is 35.2 Å². The molecule has 0 amide bonds. The van der Waals surface area contributed by atoms with Crippen molar-refractivity contribution in [2.75, 3.05) is 65.5 Å². The first-order valence-corrected chi connectivity index (χ1v) is 11.2. The second-order valence-corrected chi connectivity index (χ2v) is 7.83. The highest BCUT2D eigenvalue weighted by atomic mass is 127. The molecule has 0 spiro atoms. The first-order chi connectivity index (χ1) is 14.7. The van der Waals surface area contributed by atoms with E-state index in [1.165, 1.54) is 5.00 Å². The topological polar surface area (TPSA) is 58.6 Å². The Balaban J connectivity index is 0.00000341. The predicted octanol–water partition coefficient (Wildman–Crippen LogP) is 3.72. The second-order valence-electron chi connectivity index (χ2n) is 6.90. The van der Waals surface area contributed by atoms with E-state index in [4.69, 9.17) is 19.2 Å². The Hall–Kier alpha value is -1.88. The Labute approximate surface area is 206 Å². The molecule has 0 aliphatic carbocycles. The summed E-state index contributed by atoms with van der Waals surface area (Å²) in [6, 6.07) is 8.23. The molecule has 9 heteroatoms. The minimum Gasteiger partial charge on any atom is -0.493 e. The van der Waals surface area contributed by atoms with Crippen molar-refractivity contribution in [1.29, 1.82) is 0 Å². The number of halogens is 1. The van der Waals surface area contributed by atoms with Gasteiger partial charge in [-0.1, -0.05) is 6.07 Å². The average Bonchev–Trinajstić information content (AvgIpc) is 3.33. The number of hydrogen-bond acceptors (Lipinski definition) is 6. The van der Waals surface area contributed by atoms with E-state index in [2.05, 4.69) is 39.6 Å². The number of piperazine rings is 1. The van der Waals surface area contributed by atoms with Crippen LogP contribution in [0.2, 0.25) is 0 Å².